The third kappa shape index (κ3) is 7.23. The summed E-state index contributed by atoms with van der Waals surface area (Å²) in [5, 5.41) is 32.8. The average Bonchev–Trinajstić information content (AvgIpc) is 2.78. The highest BCUT2D eigenvalue weighted by atomic mass is 16.3. The van der Waals surface area contributed by atoms with E-state index < -0.39 is 6.10 Å². The average molecular weight is 457 g/mol. The number of aromatic hydroxyl groups is 1. The third-order valence-corrected chi connectivity index (χ3v) is 6.09. The molecule has 180 valence electrons. The lowest BCUT2D eigenvalue weighted by atomic mass is 9.93. The van der Waals surface area contributed by atoms with Gasteiger partial charge in [-0.05, 0) is 50.6 Å². The Morgan fingerprint density at radius 1 is 1.15 bits per heavy atom. The Labute approximate surface area is 195 Å². The molecule has 1 aliphatic heterocycles. The van der Waals surface area contributed by atoms with Crippen LogP contribution in [0.25, 0.3) is 0 Å². The fourth-order valence-corrected chi connectivity index (χ4v) is 4.06. The predicted molar refractivity (Wildman–Crippen MR) is 127 cm³/mol. The number of rotatable bonds is 9. The Morgan fingerprint density at radius 3 is 2.55 bits per heavy atom. The molecule has 1 amide bonds. The maximum atomic E-state index is 12.7. The summed E-state index contributed by atoms with van der Waals surface area (Å²) in [5.41, 5.74) is 2.36. The van der Waals surface area contributed by atoms with Gasteiger partial charge in [0.05, 0.1) is 18.7 Å². The number of β-amino-alcohol motifs (C(OH)–C–C–N with tert-alkyl or cyclic N) is 1. The quantitative estimate of drug-likeness (QED) is 0.450. The van der Waals surface area contributed by atoms with E-state index in [0.29, 0.717) is 12.1 Å². The summed E-state index contributed by atoms with van der Waals surface area (Å²) < 4.78 is 0. The van der Waals surface area contributed by atoms with E-state index in [1.54, 1.807) is 6.07 Å². The molecule has 4 N–H and O–H groups in total. The van der Waals surface area contributed by atoms with Gasteiger partial charge < -0.3 is 30.4 Å². The number of likely N-dealkylation sites (N-methyl/N-ethyl adjacent to an activating group) is 1. The van der Waals surface area contributed by atoms with Gasteiger partial charge in [-0.3, -0.25) is 4.79 Å². The van der Waals surface area contributed by atoms with Crippen LogP contribution in [-0.4, -0.2) is 81.3 Å². The molecule has 8 heteroatoms. The minimum absolute atomic E-state index is 0.0901. The molecule has 1 atom stereocenters. The first-order valence-electron chi connectivity index (χ1n) is 11.4. The van der Waals surface area contributed by atoms with Gasteiger partial charge in [-0.25, -0.2) is 4.98 Å². The lowest BCUT2D eigenvalue weighted by Crippen LogP contribution is -2.47. The molecule has 1 aliphatic rings. The Bertz CT molecular complexity index is 942. The standard InChI is InChI=1S/C25H36N4O4/c1-25(2,26-16-23(32)20-7-8-22(31)21(17-30)27-20)15-19-6-4-5-18(13-19)14-24(33)29-11-9-28(3)10-12-29/h4-8,13,23,26,30-32H,9-12,14-17H2,1-3H3. The normalized spacial score (nSPS) is 16.1. The van der Waals surface area contributed by atoms with E-state index in [0.717, 1.165) is 43.7 Å². The minimum atomic E-state index is -0.872. The van der Waals surface area contributed by atoms with Gasteiger partial charge in [0, 0.05) is 38.3 Å². The Hall–Kier alpha value is -2.52. The van der Waals surface area contributed by atoms with Crippen LogP contribution in [-0.2, 0) is 24.2 Å². The molecule has 0 radical (unpaired) electrons. The molecule has 0 spiro atoms. The van der Waals surface area contributed by atoms with Gasteiger partial charge in [-0.2, -0.15) is 0 Å². The number of carbonyl (C=O) groups is 1. The van der Waals surface area contributed by atoms with Crippen LogP contribution in [0.4, 0.5) is 0 Å². The fourth-order valence-electron chi connectivity index (χ4n) is 4.06. The van der Waals surface area contributed by atoms with E-state index in [2.05, 4.69) is 48.2 Å². The van der Waals surface area contributed by atoms with E-state index in [1.807, 2.05) is 17.0 Å². The second kappa shape index (κ2) is 11.1. The van der Waals surface area contributed by atoms with Crippen LogP contribution in [0.1, 0.15) is 42.5 Å². The van der Waals surface area contributed by atoms with Crippen molar-refractivity contribution in [2.45, 2.75) is 44.9 Å². The molecular weight excluding hydrogens is 420 g/mol. The van der Waals surface area contributed by atoms with Crippen LogP contribution in [0.15, 0.2) is 36.4 Å². The number of benzene rings is 1. The zero-order valence-corrected chi connectivity index (χ0v) is 19.8. The summed E-state index contributed by atoms with van der Waals surface area (Å²) >= 11 is 0. The molecule has 0 aliphatic carbocycles. The first-order chi connectivity index (χ1) is 15.7. The van der Waals surface area contributed by atoms with Crippen molar-refractivity contribution in [1.29, 1.82) is 0 Å². The number of aliphatic hydroxyl groups excluding tert-OH is 2. The SMILES string of the molecule is CN1CCN(C(=O)Cc2cccc(CC(C)(C)NCC(O)c3ccc(O)c(CO)n3)c2)CC1. The highest BCUT2D eigenvalue weighted by Crippen LogP contribution is 2.20. The summed E-state index contributed by atoms with van der Waals surface area (Å²) in [7, 11) is 2.08. The van der Waals surface area contributed by atoms with Crippen molar-refractivity contribution in [1.82, 2.24) is 20.1 Å². The van der Waals surface area contributed by atoms with E-state index in [-0.39, 0.29) is 36.0 Å². The van der Waals surface area contributed by atoms with Gasteiger partial charge >= 0.3 is 0 Å². The number of aromatic nitrogens is 1. The molecule has 1 saturated heterocycles. The molecule has 0 saturated carbocycles. The largest absolute Gasteiger partial charge is 0.506 e. The van der Waals surface area contributed by atoms with Gasteiger partial charge in [0.25, 0.3) is 0 Å². The van der Waals surface area contributed by atoms with Gasteiger partial charge in [0.1, 0.15) is 17.5 Å². The minimum Gasteiger partial charge on any atom is -0.506 e. The Balaban J connectivity index is 1.55. The summed E-state index contributed by atoms with van der Waals surface area (Å²) in [6.07, 6.45) is 0.257. The lowest BCUT2D eigenvalue weighted by molar-refractivity contribution is -0.132. The highest BCUT2D eigenvalue weighted by molar-refractivity contribution is 5.79. The topological polar surface area (TPSA) is 109 Å². The first-order valence-corrected chi connectivity index (χ1v) is 11.4. The van der Waals surface area contributed by atoms with E-state index in [4.69, 9.17) is 0 Å². The monoisotopic (exact) mass is 456 g/mol. The number of hydrogen-bond acceptors (Lipinski definition) is 7. The number of piperazine rings is 1. The molecule has 1 fully saturated rings. The van der Waals surface area contributed by atoms with Crippen molar-refractivity contribution in [3.05, 3.63) is 58.9 Å². The second-order valence-corrected chi connectivity index (χ2v) is 9.50. The molecule has 1 aromatic carbocycles. The highest BCUT2D eigenvalue weighted by Gasteiger charge is 2.22. The molecule has 1 aromatic heterocycles. The van der Waals surface area contributed by atoms with Crippen LogP contribution in [0.5, 0.6) is 5.75 Å². The van der Waals surface area contributed by atoms with E-state index in [9.17, 15) is 20.1 Å². The summed E-state index contributed by atoms with van der Waals surface area (Å²) in [6.45, 7) is 7.40. The molecule has 0 bridgehead atoms. The fraction of sp³-hybridized carbons (Fsp3) is 0.520. The first kappa shape index (κ1) is 25.1. The number of pyridine rings is 1. The zero-order valence-electron chi connectivity index (χ0n) is 19.8. The second-order valence-electron chi connectivity index (χ2n) is 9.50. The van der Waals surface area contributed by atoms with Crippen molar-refractivity contribution in [2.75, 3.05) is 39.8 Å². The maximum Gasteiger partial charge on any atom is 0.227 e. The van der Waals surface area contributed by atoms with Crippen LogP contribution < -0.4 is 5.32 Å². The Morgan fingerprint density at radius 2 is 1.85 bits per heavy atom. The van der Waals surface area contributed by atoms with Gasteiger partial charge in [-0.1, -0.05) is 24.3 Å². The lowest BCUT2D eigenvalue weighted by Gasteiger charge is -2.32. The summed E-state index contributed by atoms with van der Waals surface area (Å²) in [4.78, 5) is 21.0. The zero-order chi connectivity index (χ0) is 24.0. The van der Waals surface area contributed by atoms with Crippen LogP contribution in [0.2, 0.25) is 0 Å². The molecule has 33 heavy (non-hydrogen) atoms. The number of hydrogen-bond donors (Lipinski definition) is 4. The van der Waals surface area contributed by atoms with Crippen molar-refractivity contribution in [3.8, 4) is 5.75 Å². The van der Waals surface area contributed by atoms with Crippen molar-refractivity contribution in [3.63, 3.8) is 0 Å². The molecule has 2 heterocycles. The number of aliphatic hydroxyl groups is 2. The number of nitrogens with one attached hydrogen (secondary N) is 1. The molecule has 1 unspecified atom stereocenters. The van der Waals surface area contributed by atoms with Crippen molar-refractivity contribution < 1.29 is 20.1 Å². The predicted octanol–water partition coefficient (Wildman–Crippen LogP) is 1.24. The van der Waals surface area contributed by atoms with Crippen LogP contribution in [0, 0.1) is 0 Å². The summed E-state index contributed by atoms with van der Waals surface area (Å²) in [5.74, 6) is 0.0807. The Kier molecular flexibility index (Phi) is 8.42. The van der Waals surface area contributed by atoms with Crippen molar-refractivity contribution in [2.24, 2.45) is 0 Å². The maximum absolute atomic E-state index is 12.7. The van der Waals surface area contributed by atoms with Gasteiger partial charge in [0.15, 0.2) is 0 Å². The van der Waals surface area contributed by atoms with Gasteiger partial charge in [0.2, 0.25) is 5.91 Å². The van der Waals surface area contributed by atoms with Crippen molar-refractivity contribution >= 4 is 5.91 Å². The third-order valence-electron chi connectivity index (χ3n) is 6.09. The summed E-state index contributed by atoms with van der Waals surface area (Å²) in [6, 6.07) is 11.1. The smallest absolute Gasteiger partial charge is 0.227 e. The number of carbonyl (C=O) groups excluding carboxylic acids is 1. The van der Waals surface area contributed by atoms with Crippen LogP contribution >= 0.6 is 0 Å². The van der Waals surface area contributed by atoms with E-state index >= 15 is 0 Å². The number of amides is 1. The van der Waals surface area contributed by atoms with E-state index in [1.165, 1.54) is 6.07 Å². The molecule has 2 aromatic rings. The van der Waals surface area contributed by atoms with Gasteiger partial charge in [-0.15, -0.1) is 0 Å². The van der Waals surface area contributed by atoms with Crippen LogP contribution in [0.3, 0.4) is 0 Å². The molecule has 3 rings (SSSR count). The molecular formula is C25H36N4O4. The molecule has 8 nitrogen and oxygen atoms in total. The number of nitrogens with zero attached hydrogens (tertiary/aromatic N) is 3.